The lowest BCUT2D eigenvalue weighted by atomic mass is 10.2. The molecule has 0 saturated heterocycles. The molecule has 1 heterocycles. The molecular weight excluding hydrogens is 360 g/mol. The van der Waals surface area contributed by atoms with Crippen molar-refractivity contribution in [1.82, 2.24) is 4.98 Å². The summed E-state index contributed by atoms with van der Waals surface area (Å²) in [5, 5.41) is 2.74. The van der Waals surface area contributed by atoms with Crippen LogP contribution in [0.3, 0.4) is 0 Å². The van der Waals surface area contributed by atoms with Crippen molar-refractivity contribution in [3.8, 4) is 11.5 Å². The number of amides is 1. The molecule has 0 aliphatic heterocycles. The molecule has 0 atom stereocenters. The van der Waals surface area contributed by atoms with Crippen molar-refractivity contribution >= 4 is 28.8 Å². The number of benzene rings is 2. The molecule has 0 saturated carbocycles. The monoisotopic (exact) mass is 382 g/mol. The number of hydrogen-bond acceptors (Lipinski definition) is 5. The van der Waals surface area contributed by atoms with Crippen molar-refractivity contribution in [3.05, 3.63) is 58.6 Å². The fourth-order valence-electron chi connectivity index (χ4n) is 2.55. The second-order valence-electron chi connectivity index (χ2n) is 6.66. The average molecular weight is 382 g/mol. The molecule has 1 aromatic heterocycles. The quantitative estimate of drug-likeness (QED) is 0.606. The Balaban J connectivity index is 1.67. The minimum absolute atomic E-state index is 0.302. The lowest BCUT2D eigenvalue weighted by molar-refractivity contribution is -0.111. The fraction of sp³-hybridized carbons (Fsp3) is 0.238. The third-order valence-corrected chi connectivity index (χ3v) is 3.87. The molecule has 0 aliphatic rings. The highest BCUT2D eigenvalue weighted by Crippen LogP contribution is 2.29. The Bertz CT molecular complexity index is 1060. The van der Waals surface area contributed by atoms with Crippen LogP contribution in [-0.2, 0) is 4.79 Å². The highest BCUT2D eigenvalue weighted by atomic mass is 16.5. The minimum Gasteiger partial charge on any atom is -0.493 e. The molecule has 7 heteroatoms. The van der Waals surface area contributed by atoms with E-state index in [1.54, 1.807) is 31.4 Å². The summed E-state index contributed by atoms with van der Waals surface area (Å²) in [4.78, 5) is 25.9. The summed E-state index contributed by atoms with van der Waals surface area (Å²) in [5.74, 6) is 0.849. The second kappa shape index (κ2) is 8.47. The molecule has 7 nitrogen and oxygen atoms in total. The Morgan fingerprint density at radius 3 is 2.79 bits per heavy atom. The standard InChI is InChI=1S/C21H22N2O5/c1-13(2)12-27-18-7-4-14(10-19(18)26-3)5-9-20(24)22-15-6-8-17-16(11-15)23-21(25)28-17/h4-11,13H,12H2,1-3H3,(H,22,24)(H,23,25)/b9-5+. The topological polar surface area (TPSA) is 93.6 Å². The summed E-state index contributed by atoms with van der Waals surface area (Å²) in [5.41, 5.74) is 2.31. The number of oxazole rings is 1. The molecule has 0 unspecified atom stereocenters. The van der Waals surface area contributed by atoms with Crippen LogP contribution in [0.25, 0.3) is 17.2 Å². The molecular formula is C21H22N2O5. The summed E-state index contributed by atoms with van der Waals surface area (Å²) >= 11 is 0. The Morgan fingerprint density at radius 1 is 1.21 bits per heavy atom. The second-order valence-corrected chi connectivity index (χ2v) is 6.66. The van der Waals surface area contributed by atoms with Gasteiger partial charge in [0.15, 0.2) is 17.1 Å². The SMILES string of the molecule is COc1cc(/C=C/C(=O)Nc2ccc3oc(=O)[nH]c3c2)ccc1OCC(C)C. The van der Waals surface area contributed by atoms with Crippen LogP contribution >= 0.6 is 0 Å². The van der Waals surface area contributed by atoms with Gasteiger partial charge in [-0.05, 0) is 47.9 Å². The first-order chi connectivity index (χ1) is 13.4. The number of carbonyl (C=O) groups excluding carboxylic acids is 1. The van der Waals surface area contributed by atoms with Crippen LogP contribution < -0.4 is 20.5 Å². The number of ether oxygens (including phenoxy) is 2. The van der Waals surface area contributed by atoms with Gasteiger partial charge in [0.25, 0.3) is 0 Å². The molecule has 2 N–H and O–H groups in total. The van der Waals surface area contributed by atoms with Crippen LogP contribution in [-0.4, -0.2) is 24.6 Å². The maximum absolute atomic E-state index is 12.2. The van der Waals surface area contributed by atoms with Gasteiger partial charge < -0.3 is 19.2 Å². The molecule has 0 aliphatic carbocycles. The van der Waals surface area contributed by atoms with Crippen molar-refractivity contribution < 1.29 is 18.7 Å². The maximum atomic E-state index is 12.2. The van der Waals surface area contributed by atoms with Gasteiger partial charge in [0.1, 0.15) is 0 Å². The number of methoxy groups -OCH3 is 1. The largest absolute Gasteiger partial charge is 0.493 e. The molecule has 2 aromatic carbocycles. The number of carbonyl (C=O) groups is 1. The number of fused-ring (bicyclic) bond motifs is 1. The van der Waals surface area contributed by atoms with Crippen molar-refractivity contribution in [2.75, 3.05) is 19.0 Å². The van der Waals surface area contributed by atoms with Gasteiger partial charge in [-0.1, -0.05) is 19.9 Å². The molecule has 0 fully saturated rings. The summed E-state index contributed by atoms with van der Waals surface area (Å²) in [6, 6.07) is 10.4. The Labute approximate surface area is 162 Å². The molecule has 0 bridgehead atoms. The summed E-state index contributed by atoms with van der Waals surface area (Å²) in [6.45, 7) is 4.74. The van der Waals surface area contributed by atoms with Crippen LogP contribution in [0.1, 0.15) is 19.4 Å². The third kappa shape index (κ3) is 4.82. The van der Waals surface area contributed by atoms with Crippen molar-refractivity contribution in [2.45, 2.75) is 13.8 Å². The summed E-state index contributed by atoms with van der Waals surface area (Å²) in [6.07, 6.45) is 3.11. The van der Waals surface area contributed by atoms with Gasteiger partial charge in [0.05, 0.1) is 19.2 Å². The van der Waals surface area contributed by atoms with E-state index in [0.717, 1.165) is 5.56 Å². The van der Waals surface area contributed by atoms with Gasteiger partial charge in [-0.15, -0.1) is 0 Å². The smallest absolute Gasteiger partial charge is 0.417 e. The number of aromatic amines is 1. The summed E-state index contributed by atoms with van der Waals surface area (Å²) in [7, 11) is 1.58. The predicted molar refractivity (Wildman–Crippen MR) is 108 cm³/mol. The lowest BCUT2D eigenvalue weighted by Gasteiger charge is -2.12. The van der Waals surface area contributed by atoms with Crippen LogP contribution in [0.2, 0.25) is 0 Å². The Kier molecular flexibility index (Phi) is 5.84. The Hall–Kier alpha value is -3.48. The zero-order valence-corrected chi connectivity index (χ0v) is 15.9. The van der Waals surface area contributed by atoms with E-state index in [9.17, 15) is 9.59 Å². The zero-order valence-electron chi connectivity index (χ0n) is 15.9. The van der Waals surface area contributed by atoms with Crippen molar-refractivity contribution in [2.24, 2.45) is 5.92 Å². The molecule has 3 aromatic rings. The highest BCUT2D eigenvalue weighted by molar-refractivity contribution is 6.02. The van der Waals surface area contributed by atoms with Gasteiger partial charge in [-0.3, -0.25) is 9.78 Å². The molecule has 0 radical (unpaired) electrons. The van der Waals surface area contributed by atoms with Crippen molar-refractivity contribution in [3.63, 3.8) is 0 Å². The van der Waals surface area contributed by atoms with E-state index in [0.29, 0.717) is 40.8 Å². The van der Waals surface area contributed by atoms with E-state index < -0.39 is 5.76 Å². The van der Waals surface area contributed by atoms with E-state index in [1.165, 1.54) is 6.08 Å². The van der Waals surface area contributed by atoms with Crippen LogP contribution in [0, 0.1) is 5.92 Å². The normalized spacial score (nSPS) is 11.3. The number of H-pyrrole nitrogens is 1. The molecule has 3 rings (SSSR count). The van der Waals surface area contributed by atoms with E-state index in [4.69, 9.17) is 13.9 Å². The van der Waals surface area contributed by atoms with E-state index in [1.807, 2.05) is 18.2 Å². The number of nitrogens with one attached hydrogen (secondary N) is 2. The van der Waals surface area contributed by atoms with E-state index in [2.05, 4.69) is 24.1 Å². The van der Waals surface area contributed by atoms with Gasteiger partial charge in [-0.25, -0.2) is 4.79 Å². The van der Waals surface area contributed by atoms with Gasteiger partial charge >= 0.3 is 5.76 Å². The van der Waals surface area contributed by atoms with E-state index in [-0.39, 0.29) is 5.91 Å². The Morgan fingerprint density at radius 2 is 2.04 bits per heavy atom. The predicted octanol–water partition coefficient (Wildman–Crippen LogP) is 3.82. The first-order valence-electron chi connectivity index (χ1n) is 8.87. The average Bonchev–Trinajstić information content (AvgIpc) is 3.04. The lowest BCUT2D eigenvalue weighted by Crippen LogP contribution is -2.07. The molecule has 1 amide bonds. The fourth-order valence-corrected chi connectivity index (χ4v) is 2.55. The molecule has 28 heavy (non-hydrogen) atoms. The molecule has 146 valence electrons. The van der Waals surface area contributed by atoms with Gasteiger partial charge in [0, 0.05) is 11.8 Å². The first-order valence-corrected chi connectivity index (χ1v) is 8.87. The van der Waals surface area contributed by atoms with E-state index >= 15 is 0 Å². The zero-order chi connectivity index (χ0) is 20.1. The summed E-state index contributed by atoms with van der Waals surface area (Å²) < 4.78 is 16.0. The minimum atomic E-state index is -0.534. The van der Waals surface area contributed by atoms with Crippen LogP contribution in [0.15, 0.2) is 51.7 Å². The third-order valence-electron chi connectivity index (χ3n) is 3.87. The maximum Gasteiger partial charge on any atom is 0.417 e. The van der Waals surface area contributed by atoms with Gasteiger partial charge in [0.2, 0.25) is 5.91 Å². The van der Waals surface area contributed by atoms with Crippen LogP contribution in [0.4, 0.5) is 5.69 Å². The number of rotatable bonds is 7. The molecule has 0 spiro atoms. The highest BCUT2D eigenvalue weighted by Gasteiger charge is 2.07. The number of hydrogen-bond donors (Lipinski definition) is 2. The number of anilines is 1. The first kappa shape index (κ1) is 19.3. The van der Waals surface area contributed by atoms with Crippen molar-refractivity contribution in [1.29, 1.82) is 0 Å². The van der Waals surface area contributed by atoms with Gasteiger partial charge in [-0.2, -0.15) is 0 Å². The number of aromatic nitrogens is 1. The van der Waals surface area contributed by atoms with Crippen LogP contribution in [0.5, 0.6) is 11.5 Å².